The summed E-state index contributed by atoms with van der Waals surface area (Å²) in [7, 11) is 1.64. The third kappa shape index (κ3) is 4.19. The lowest BCUT2D eigenvalue weighted by molar-refractivity contribution is -0.131. The molecule has 0 aromatic heterocycles. The van der Waals surface area contributed by atoms with E-state index < -0.39 is 6.04 Å². The molecule has 2 aliphatic rings. The molecular formula is C19H27N3O3. The van der Waals surface area contributed by atoms with Crippen LogP contribution in [0.5, 0.6) is 0 Å². The fraction of sp³-hybridized carbons (Fsp3) is 0.579. The molecule has 0 aliphatic carbocycles. The summed E-state index contributed by atoms with van der Waals surface area (Å²) in [6, 6.07) is 9.18. The number of nitrogens with one attached hydrogen (secondary N) is 2. The van der Waals surface area contributed by atoms with Gasteiger partial charge in [0.1, 0.15) is 6.04 Å². The van der Waals surface area contributed by atoms with Crippen molar-refractivity contribution in [2.75, 3.05) is 26.8 Å². The van der Waals surface area contributed by atoms with Crippen LogP contribution in [0.2, 0.25) is 0 Å². The Morgan fingerprint density at radius 1 is 1.16 bits per heavy atom. The lowest BCUT2D eigenvalue weighted by atomic mass is 10.0. The summed E-state index contributed by atoms with van der Waals surface area (Å²) in [5.41, 5.74) is 0.924. The third-order valence-electron chi connectivity index (χ3n) is 5.11. The fourth-order valence-corrected chi connectivity index (χ4v) is 3.78. The fourth-order valence-electron chi connectivity index (χ4n) is 3.78. The highest BCUT2D eigenvalue weighted by atomic mass is 16.5. The second-order valence-corrected chi connectivity index (χ2v) is 6.72. The zero-order valence-corrected chi connectivity index (χ0v) is 14.7. The number of benzene rings is 1. The normalized spacial score (nSPS) is 23.2. The van der Waals surface area contributed by atoms with Crippen molar-refractivity contribution in [2.24, 2.45) is 0 Å². The van der Waals surface area contributed by atoms with Crippen LogP contribution in [0.15, 0.2) is 30.3 Å². The molecule has 25 heavy (non-hydrogen) atoms. The highest BCUT2D eigenvalue weighted by Crippen LogP contribution is 2.30. The smallest absolute Gasteiger partial charge is 0.241 e. The molecule has 2 saturated heterocycles. The number of rotatable bonds is 5. The van der Waals surface area contributed by atoms with Gasteiger partial charge >= 0.3 is 0 Å². The topological polar surface area (TPSA) is 70.7 Å². The van der Waals surface area contributed by atoms with Crippen molar-refractivity contribution >= 4 is 11.8 Å². The Kier molecular flexibility index (Phi) is 6.04. The van der Waals surface area contributed by atoms with E-state index in [-0.39, 0.29) is 23.9 Å². The Balaban J connectivity index is 1.75. The summed E-state index contributed by atoms with van der Waals surface area (Å²) in [4.78, 5) is 27.4. The van der Waals surface area contributed by atoms with Crippen molar-refractivity contribution in [1.82, 2.24) is 15.5 Å². The maximum Gasteiger partial charge on any atom is 0.241 e. The second-order valence-electron chi connectivity index (χ2n) is 6.72. The lowest BCUT2D eigenvalue weighted by Gasteiger charge is -2.33. The molecule has 2 fully saturated rings. The molecule has 6 heteroatoms. The van der Waals surface area contributed by atoms with E-state index in [1.165, 1.54) is 0 Å². The van der Waals surface area contributed by atoms with E-state index in [1.807, 2.05) is 35.2 Å². The van der Waals surface area contributed by atoms with Crippen molar-refractivity contribution in [3.05, 3.63) is 35.9 Å². The highest BCUT2D eigenvalue weighted by Gasteiger charge is 2.39. The van der Waals surface area contributed by atoms with Crippen LogP contribution in [0.25, 0.3) is 0 Å². The first kappa shape index (κ1) is 17.9. The van der Waals surface area contributed by atoms with E-state index in [4.69, 9.17) is 4.74 Å². The number of likely N-dealkylation sites (N-methyl/N-ethyl adjacent to an activating group) is 1. The van der Waals surface area contributed by atoms with Crippen molar-refractivity contribution < 1.29 is 14.3 Å². The molecule has 136 valence electrons. The van der Waals surface area contributed by atoms with Gasteiger partial charge in [0.2, 0.25) is 11.8 Å². The zero-order chi connectivity index (χ0) is 17.6. The zero-order valence-electron chi connectivity index (χ0n) is 14.7. The Morgan fingerprint density at radius 2 is 1.88 bits per heavy atom. The summed E-state index contributed by atoms with van der Waals surface area (Å²) in [6.45, 7) is 2.15. The van der Waals surface area contributed by atoms with E-state index in [2.05, 4.69) is 10.6 Å². The Labute approximate surface area is 148 Å². The van der Waals surface area contributed by atoms with Crippen LogP contribution in [0.1, 0.15) is 37.3 Å². The van der Waals surface area contributed by atoms with Gasteiger partial charge in [0.25, 0.3) is 0 Å². The monoisotopic (exact) mass is 345 g/mol. The maximum absolute atomic E-state index is 12.8. The number of amides is 2. The molecule has 2 atom stereocenters. The Hall–Kier alpha value is -1.92. The van der Waals surface area contributed by atoms with Crippen LogP contribution in [0.3, 0.4) is 0 Å². The molecule has 1 aromatic carbocycles. The van der Waals surface area contributed by atoms with Gasteiger partial charge in [-0.25, -0.2) is 0 Å². The molecule has 2 aliphatic heterocycles. The summed E-state index contributed by atoms with van der Waals surface area (Å²) in [5.74, 6) is -0.0359. The predicted molar refractivity (Wildman–Crippen MR) is 95.0 cm³/mol. The molecule has 0 radical (unpaired) electrons. The van der Waals surface area contributed by atoms with Gasteiger partial charge in [0.05, 0.1) is 6.04 Å². The number of likely N-dealkylation sites (tertiary alicyclic amines) is 1. The van der Waals surface area contributed by atoms with E-state index in [1.54, 1.807) is 7.05 Å². The molecule has 0 saturated carbocycles. The van der Waals surface area contributed by atoms with Crippen LogP contribution in [-0.2, 0) is 14.3 Å². The number of ether oxygens (including phenoxy) is 1. The van der Waals surface area contributed by atoms with E-state index in [0.29, 0.717) is 13.2 Å². The summed E-state index contributed by atoms with van der Waals surface area (Å²) < 4.78 is 5.36. The summed E-state index contributed by atoms with van der Waals surface area (Å²) in [5, 5.41) is 5.91. The van der Waals surface area contributed by atoms with Crippen molar-refractivity contribution in [1.29, 1.82) is 0 Å². The van der Waals surface area contributed by atoms with Gasteiger partial charge in [0.15, 0.2) is 0 Å². The summed E-state index contributed by atoms with van der Waals surface area (Å²) in [6.07, 6.45) is 3.42. The van der Waals surface area contributed by atoms with Crippen LogP contribution >= 0.6 is 0 Å². The van der Waals surface area contributed by atoms with Gasteiger partial charge < -0.3 is 15.4 Å². The van der Waals surface area contributed by atoms with Gasteiger partial charge in [-0.3, -0.25) is 14.5 Å². The molecule has 1 aromatic rings. The third-order valence-corrected chi connectivity index (χ3v) is 5.11. The van der Waals surface area contributed by atoms with Crippen LogP contribution < -0.4 is 10.6 Å². The number of carbonyl (C=O) groups is 2. The van der Waals surface area contributed by atoms with Gasteiger partial charge in [0, 0.05) is 32.8 Å². The average molecular weight is 345 g/mol. The molecule has 2 unspecified atom stereocenters. The average Bonchev–Trinajstić information content (AvgIpc) is 3.13. The van der Waals surface area contributed by atoms with Gasteiger partial charge in [-0.15, -0.1) is 0 Å². The van der Waals surface area contributed by atoms with E-state index in [0.717, 1.165) is 37.8 Å². The quantitative estimate of drug-likeness (QED) is 0.842. The van der Waals surface area contributed by atoms with E-state index in [9.17, 15) is 9.59 Å². The number of hydrogen-bond acceptors (Lipinski definition) is 4. The molecule has 0 spiro atoms. The highest BCUT2D eigenvalue weighted by molar-refractivity contribution is 5.86. The summed E-state index contributed by atoms with van der Waals surface area (Å²) >= 11 is 0. The van der Waals surface area contributed by atoms with Gasteiger partial charge in [-0.05, 0) is 31.2 Å². The minimum atomic E-state index is -0.431. The lowest BCUT2D eigenvalue weighted by Crippen LogP contribution is -2.51. The molecule has 0 bridgehead atoms. The van der Waals surface area contributed by atoms with Gasteiger partial charge in [-0.2, -0.15) is 0 Å². The maximum atomic E-state index is 12.8. The van der Waals surface area contributed by atoms with Crippen LogP contribution in [0.4, 0.5) is 0 Å². The molecular weight excluding hydrogens is 318 g/mol. The molecule has 6 nitrogen and oxygen atoms in total. The first-order valence-corrected chi connectivity index (χ1v) is 9.11. The number of nitrogens with zero attached hydrogens (tertiary/aromatic N) is 1. The SMILES string of the molecule is CNC(=O)C(c1ccccc1)N1CCCC1C(=O)NC1CCOCC1. The predicted octanol–water partition coefficient (Wildman–Crippen LogP) is 1.23. The molecule has 2 N–H and O–H groups in total. The first-order valence-electron chi connectivity index (χ1n) is 9.11. The van der Waals surface area contributed by atoms with Crippen molar-refractivity contribution in [3.8, 4) is 0 Å². The number of hydrogen-bond donors (Lipinski definition) is 2. The largest absolute Gasteiger partial charge is 0.381 e. The minimum Gasteiger partial charge on any atom is -0.381 e. The van der Waals surface area contributed by atoms with Crippen molar-refractivity contribution in [2.45, 2.75) is 43.8 Å². The number of carbonyl (C=O) groups excluding carboxylic acids is 2. The van der Waals surface area contributed by atoms with Crippen LogP contribution in [-0.4, -0.2) is 55.6 Å². The molecule has 2 heterocycles. The van der Waals surface area contributed by atoms with Crippen molar-refractivity contribution in [3.63, 3.8) is 0 Å². The standard InChI is InChI=1S/C19H27N3O3/c1-20-19(24)17(14-6-3-2-4-7-14)22-11-5-8-16(22)18(23)21-15-9-12-25-13-10-15/h2-4,6-7,15-17H,5,8-13H2,1H3,(H,20,24)(H,21,23). The van der Waals surface area contributed by atoms with E-state index >= 15 is 0 Å². The Morgan fingerprint density at radius 3 is 2.56 bits per heavy atom. The van der Waals surface area contributed by atoms with Gasteiger partial charge in [-0.1, -0.05) is 30.3 Å². The van der Waals surface area contributed by atoms with Crippen LogP contribution in [0, 0.1) is 0 Å². The molecule has 3 rings (SSSR count). The Bertz CT molecular complexity index is 587. The minimum absolute atomic E-state index is 0.0363. The second kappa shape index (κ2) is 8.45. The molecule has 2 amide bonds. The first-order chi connectivity index (χ1) is 12.2.